The van der Waals surface area contributed by atoms with E-state index in [9.17, 15) is 0 Å². The summed E-state index contributed by atoms with van der Waals surface area (Å²) in [5.41, 5.74) is 10.3. The number of aromatic nitrogens is 2. The van der Waals surface area contributed by atoms with Crippen molar-refractivity contribution in [2.24, 2.45) is 9.98 Å². The Morgan fingerprint density at radius 3 is 1.41 bits per heavy atom. The molecule has 0 spiro atoms. The number of amidine groups is 2. The normalized spacial score (nSPS) is 15.5. The van der Waals surface area contributed by atoms with Gasteiger partial charge in [0.1, 0.15) is 11.7 Å². The van der Waals surface area contributed by atoms with Crippen LogP contribution in [0.4, 0.5) is 0 Å². The van der Waals surface area contributed by atoms with Crippen LogP contribution in [0.1, 0.15) is 23.6 Å². The van der Waals surface area contributed by atoms with Crippen LogP contribution in [0, 0.1) is 0 Å². The predicted molar refractivity (Wildman–Crippen MR) is 200 cm³/mol. The molecular formula is C44H33N5. The van der Waals surface area contributed by atoms with Gasteiger partial charge >= 0.3 is 0 Å². The summed E-state index contributed by atoms with van der Waals surface area (Å²) >= 11 is 0. The highest BCUT2D eigenvalue weighted by molar-refractivity contribution is 6.17. The van der Waals surface area contributed by atoms with Gasteiger partial charge in [0.15, 0.2) is 5.66 Å². The van der Waals surface area contributed by atoms with Crippen LogP contribution in [-0.4, -0.2) is 21.6 Å². The second-order valence-electron chi connectivity index (χ2n) is 12.2. The van der Waals surface area contributed by atoms with Crippen molar-refractivity contribution in [3.8, 4) is 44.8 Å². The van der Waals surface area contributed by atoms with Crippen LogP contribution in [0.25, 0.3) is 44.8 Å². The molecule has 3 heterocycles. The van der Waals surface area contributed by atoms with Crippen LogP contribution >= 0.6 is 0 Å². The van der Waals surface area contributed by atoms with Gasteiger partial charge in [-0.3, -0.25) is 9.97 Å². The van der Waals surface area contributed by atoms with Gasteiger partial charge in [-0.05, 0) is 83.8 Å². The average Bonchev–Trinajstić information content (AvgIpc) is 3.19. The van der Waals surface area contributed by atoms with E-state index in [-0.39, 0.29) is 0 Å². The van der Waals surface area contributed by atoms with Crippen LogP contribution in [-0.2, 0) is 5.66 Å². The monoisotopic (exact) mass is 631 g/mol. The third-order valence-corrected chi connectivity index (χ3v) is 8.78. The number of aliphatic imine (C=N–C) groups is 2. The van der Waals surface area contributed by atoms with E-state index in [4.69, 9.17) is 9.98 Å². The van der Waals surface area contributed by atoms with Crippen molar-refractivity contribution in [1.82, 2.24) is 15.3 Å². The van der Waals surface area contributed by atoms with Crippen LogP contribution in [0.15, 0.2) is 186 Å². The smallest absolute Gasteiger partial charge is 0.177 e. The number of benzene rings is 5. The third-order valence-electron chi connectivity index (χ3n) is 8.78. The quantitative estimate of drug-likeness (QED) is 0.191. The zero-order valence-corrected chi connectivity index (χ0v) is 27.0. The van der Waals surface area contributed by atoms with Gasteiger partial charge in [0, 0.05) is 40.2 Å². The van der Waals surface area contributed by atoms with Gasteiger partial charge in [0.2, 0.25) is 0 Å². The lowest BCUT2D eigenvalue weighted by molar-refractivity contribution is 0.518. The molecule has 1 atom stereocenters. The fourth-order valence-corrected chi connectivity index (χ4v) is 6.26. The molecule has 1 aliphatic heterocycles. The van der Waals surface area contributed by atoms with Crippen molar-refractivity contribution in [2.45, 2.75) is 12.6 Å². The Morgan fingerprint density at radius 1 is 0.388 bits per heavy atom. The lowest BCUT2D eigenvalue weighted by Gasteiger charge is -2.30. The van der Waals surface area contributed by atoms with Gasteiger partial charge in [-0.1, -0.05) is 109 Å². The van der Waals surface area contributed by atoms with Gasteiger partial charge in [-0.25, -0.2) is 9.98 Å². The van der Waals surface area contributed by atoms with Crippen molar-refractivity contribution in [3.05, 3.63) is 193 Å². The summed E-state index contributed by atoms with van der Waals surface area (Å²) in [5.74, 6) is 1.48. The maximum absolute atomic E-state index is 5.40. The molecule has 5 heteroatoms. The van der Waals surface area contributed by atoms with E-state index < -0.39 is 5.66 Å². The molecule has 0 radical (unpaired) electrons. The highest BCUT2D eigenvalue weighted by atomic mass is 15.2. The van der Waals surface area contributed by atoms with Gasteiger partial charge < -0.3 is 5.32 Å². The highest BCUT2D eigenvalue weighted by Gasteiger charge is 2.32. The molecule has 0 bridgehead atoms. The van der Waals surface area contributed by atoms with Crippen LogP contribution in [0.5, 0.6) is 0 Å². The molecule has 0 fully saturated rings. The number of hydrogen-bond acceptors (Lipinski definition) is 5. The molecule has 1 aliphatic rings. The maximum atomic E-state index is 5.40. The minimum atomic E-state index is -0.933. The fraction of sp³-hybridized carbons (Fsp3) is 0.0455. The minimum absolute atomic E-state index is 0.736. The Bertz CT molecular complexity index is 2240. The summed E-state index contributed by atoms with van der Waals surface area (Å²) in [5, 5.41) is 3.66. The van der Waals surface area contributed by atoms with E-state index in [0.717, 1.165) is 73.1 Å². The van der Waals surface area contributed by atoms with Gasteiger partial charge in [-0.2, -0.15) is 0 Å². The lowest BCUT2D eigenvalue weighted by Crippen LogP contribution is -2.40. The first kappa shape index (κ1) is 29.9. The minimum Gasteiger partial charge on any atom is -0.324 e. The molecule has 8 rings (SSSR count). The van der Waals surface area contributed by atoms with E-state index in [1.807, 2.05) is 60.9 Å². The topological polar surface area (TPSA) is 62.5 Å². The molecule has 49 heavy (non-hydrogen) atoms. The highest BCUT2D eigenvalue weighted by Crippen LogP contribution is 2.35. The van der Waals surface area contributed by atoms with Gasteiger partial charge in [0.05, 0.1) is 11.4 Å². The Morgan fingerprint density at radius 2 is 0.837 bits per heavy atom. The Balaban J connectivity index is 1.30. The Labute approximate surface area is 286 Å². The molecule has 0 saturated heterocycles. The van der Waals surface area contributed by atoms with Crippen molar-refractivity contribution >= 4 is 11.7 Å². The van der Waals surface area contributed by atoms with Gasteiger partial charge in [-0.15, -0.1) is 0 Å². The standard InChI is InChI=1S/C44H33N5/c1-44(39-21-13-19-34(30-39)41-23-9-11-25-46-41)48-42(35-20-12-18-33(26-35)40-22-8-10-24-45-40)47-43(49-44)38-28-36(31-14-4-2-5-15-31)27-37(29-38)32-16-6-3-7-17-32/h2-30H,1H3,(H,47,48,49). The molecule has 1 N–H and O–H groups in total. The van der Waals surface area contributed by atoms with E-state index in [0.29, 0.717) is 0 Å². The SMILES string of the molecule is CC1(c2cccc(-c3ccccn3)c2)N=C(c2cc(-c3ccccc3)cc(-c3ccccc3)c2)NC(c2cccc(-c3ccccn3)c2)=N1. The first-order chi connectivity index (χ1) is 24.1. The molecule has 0 aliphatic carbocycles. The first-order valence-corrected chi connectivity index (χ1v) is 16.4. The van der Waals surface area contributed by atoms with E-state index >= 15 is 0 Å². The van der Waals surface area contributed by atoms with Crippen LogP contribution in [0.3, 0.4) is 0 Å². The molecule has 2 aromatic heterocycles. The number of hydrogen-bond donors (Lipinski definition) is 1. The number of nitrogens with one attached hydrogen (secondary N) is 1. The molecule has 5 nitrogen and oxygen atoms in total. The molecule has 7 aromatic rings. The zero-order valence-electron chi connectivity index (χ0n) is 27.0. The van der Waals surface area contributed by atoms with Crippen LogP contribution in [0.2, 0.25) is 0 Å². The Kier molecular flexibility index (Phi) is 7.92. The van der Waals surface area contributed by atoms with E-state index in [2.05, 4.69) is 137 Å². The summed E-state index contributed by atoms with van der Waals surface area (Å²) < 4.78 is 0. The largest absolute Gasteiger partial charge is 0.324 e. The van der Waals surface area contributed by atoms with Crippen molar-refractivity contribution in [1.29, 1.82) is 0 Å². The summed E-state index contributed by atoms with van der Waals surface area (Å²) in [6, 6.07) is 56.3. The lowest BCUT2D eigenvalue weighted by atomic mass is 9.94. The molecule has 0 amide bonds. The molecule has 1 unspecified atom stereocenters. The predicted octanol–water partition coefficient (Wildman–Crippen LogP) is 9.81. The van der Waals surface area contributed by atoms with E-state index in [1.54, 1.807) is 0 Å². The van der Waals surface area contributed by atoms with Crippen molar-refractivity contribution in [3.63, 3.8) is 0 Å². The second kappa shape index (κ2) is 13.0. The molecule has 0 saturated carbocycles. The number of nitrogens with zero attached hydrogens (tertiary/aromatic N) is 4. The maximum Gasteiger partial charge on any atom is 0.177 e. The zero-order chi connectivity index (χ0) is 33.0. The molecule has 5 aromatic carbocycles. The van der Waals surface area contributed by atoms with Crippen molar-refractivity contribution < 1.29 is 0 Å². The summed E-state index contributed by atoms with van der Waals surface area (Å²) in [7, 11) is 0. The van der Waals surface area contributed by atoms with Gasteiger partial charge in [0.25, 0.3) is 0 Å². The fourth-order valence-electron chi connectivity index (χ4n) is 6.26. The van der Waals surface area contributed by atoms with E-state index in [1.165, 1.54) is 0 Å². The summed E-state index contributed by atoms with van der Waals surface area (Å²) in [4.78, 5) is 19.9. The molecular weight excluding hydrogens is 599 g/mol. The Hall–Kier alpha value is -6.46. The van der Waals surface area contributed by atoms with Crippen LogP contribution < -0.4 is 5.32 Å². The average molecular weight is 632 g/mol. The summed E-state index contributed by atoms with van der Waals surface area (Å²) in [6.45, 7) is 2.08. The number of pyridine rings is 2. The summed E-state index contributed by atoms with van der Waals surface area (Å²) in [6.07, 6.45) is 3.64. The molecule has 234 valence electrons. The second-order valence-corrected chi connectivity index (χ2v) is 12.2. The first-order valence-electron chi connectivity index (χ1n) is 16.4. The van der Waals surface area contributed by atoms with Crippen molar-refractivity contribution in [2.75, 3.05) is 0 Å². The third kappa shape index (κ3) is 6.30. The number of rotatable bonds is 7.